The Hall–Kier alpha value is -0.890. The molecule has 1 atom stereocenters. The minimum Gasteiger partial charge on any atom is -0.314 e. The summed E-state index contributed by atoms with van der Waals surface area (Å²) in [5.41, 5.74) is 1.63. The van der Waals surface area contributed by atoms with Crippen LogP contribution < -0.4 is 5.32 Å². The van der Waals surface area contributed by atoms with Gasteiger partial charge < -0.3 is 5.32 Å². The lowest BCUT2D eigenvalue weighted by molar-refractivity contribution is 0.324. The summed E-state index contributed by atoms with van der Waals surface area (Å²) >= 11 is 0. The van der Waals surface area contributed by atoms with Crippen LogP contribution in [0.1, 0.15) is 52.7 Å². The van der Waals surface area contributed by atoms with E-state index in [1.54, 1.807) is 0 Å². The lowest BCUT2D eigenvalue weighted by Gasteiger charge is -2.23. The Morgan fingerprint density at radius 3 is 2.56 bits per heavy atom. The molecule has 0 aromatic carbocycles. The molecule has 0 radical (unpaired) electrons. The molecule has 1 unspecified atom stereocenters. The summed E-state index contributed by atoms with van der Waals surface area (Å²) in [5, 5.41) is 3.60. The van der Waals surface area contributed by atoms with Crippen molar-refractivity contribution in [3.8, 4) is 0 Å². The zero-order valence-corrected chi connectivity index (χ0v) is 12.4. The average molecular weight is 248 g/mol. The lowest BCUT2D eigenvalue weighted by Crippen LogP contribution is -2.30. The van der Waals surface area contributed by atoms with Gasteiger partial charge in [-0.05, 0) is 49.8 Å². The average Bonchev–Trinajstić information content (AvgIpc) is 2.33. The maximum atomic E-state index is 4.39. The van der Waals surface area contributed by atoms with Gasteiger partial charge in [-0.1, -0.05) is 33.8 Å². The Labute approximate surface area is 112 Å². The van der Waals surface area contributed by atoms with Crippen LogP contribution in [-0.4, -0.2) is 17.6 Å². The highest BCUT2D eigenvalue weighted by atomic mass is 14.9. The molecule has 0 aliphatic carbocycles. The fraction of sp³-hybridized carbons (Fsp3) is 0.688. The van der Waals surface area contributed by atoms with Gasteiger partial charge in [0.05, 0.1) is 0 Å². The van der Waals surface area contributed by atoms with Gasteiger partial charge in [-0.2, -0.15) is 0 Å². The van der Waals surface area contributed by atoms with Crippen LogP contribution in [0.2, 0.25) is 0 Å². The van der Waals surface area contributed by atoms with Crippen LogP contribution in [0.25, 0.3) is 0 Å². The van der Waals surface area contributed by atoms with Crippen molar-refractivity contribution in [1.82, 2.24) is 10.3 Å². The zero-order valence-electron chi connectivity index (χ0n) is 12.4. The Morgan fingerprint density at radius 2 is 2.00 bits per heavy atom. The van der Waals surface area contributed by atoms with Crippen LogP contribution in [0.4, 0.5) is 0 Å². The summed E-state index contributed by atoms with van der Waals surface area (Å²) in [5.74, 6) is 0. The molecule has 1 rings (SSSR count). The molecule has 2 nitrogen and oxygen atoms in total. The summed E-state index contributed by atoms with van der Waals surface area (Å²) in [6, 6.07) is 6.79. The second-order valence-electron chi connectivity index (χ2n) is 6.21. The molecule has 1 heterocycles. The predicted molar refractivity (Wildman–Crippen MR) is 78.7 cm³/mol. The van der Waals surface area contributed by atoms with Crippen LogP contribution in [0.15, 0.2) is 24.4 Å². The summed E-state index contributed by atoms with van der Waals surface area (Å²) < 4.78 is 0. The maximum absolute atomic E-state index is 4.39. The minimum absolute atomic E-state index is 0.429. The van der Waals surface area contributed by atoms with Crippen LogP contribution in [0, 0.1) is 5.41 Å². The van der Waals surface area contributed by atoms with Crippen molar-refractivity contribution in [2.45, 2.75) is 59.4 Å². The van der Waals surface area contributed by atoms with E-state index in [0.717, 1.165) is 13.0 Å². The van der Waals surface area contributed by atoms with Gasteiger partial charge in [0, 0.05) is 17.9 Å². The number of aromatic nitrogens is 1. The van der Waals surface area contributed by atoms with E-state index < -0.39 is 0 Å². The molecule has 0 aliphatic rings. The van der Waals surface area contributed by atoms with E-state index in [0.29, 0.717) is 11.5 Å². The molecule has 0 saturated carbocycles. The lowest BCUT2D eigenvalue weighted by atomic mass is 9.87. The topological polar surface area (TPSA) is 24.9 Å². The molecule has 2 heteroatoms. The third-order valence-corrected chi connectivity index (χ3v) is 3.21. The summed E-state index contributed by atoms with van der Waals surface area (Å²) in [7, 11) is 0. The number of pyridine rings is 1. The highest BCUT2D eigenvalue weighted by Gasteiger charge is 2.14. The smallest absolute Gasteiger partial charge is 0.0404 e. The van der Waals surface area contributed by atoms with E-state index >= 15 is 0 Å². The van der Waals surface area contributed by atoms with Crippen molar-refractivity contribution < 1.29 is 0 Å². The normalized spacial score (nSPS) is 13.6. The van der Waals surface area contributed by atoms with Gasteiger partial charge in [0.25, 0.3) is 0 Å². The highest BCUT2D eigenvalue weighted by Crippen LogP contribution is 2.22. The first-order chi connectivity index (χ1) is 8.51. The van der Waals surface area contributed by atoms with E-state index in [1.807, 2.05) is 12.3 Å². The highest BCUT2D eigenvalue weighted by molar-refractivity contribution is 5.03. The van der Waals surface area contributed by atoms with Gasteiger partial charge in [-0.15, -0.1) is 0 Å². The van der Waals surface area contributed by atoms with E-state index in [-0.39, 0.29) is 0 Å². The van der Waals surface area contributed by atoms with Crippen molar-refractivity contribution in [1.29, 1.82) is 0 Å². The van der Waals surface area contributed by atoms with E-state index in [2.05, 4.69) is 50.1 Å². The molecular formula is C16H28N2. The van der Waals surface area contributed by atoms with Gasteiger partial charge in [0.1, 0.15) is 0 Å². The molecule has 0 amide bonds. The summed E-state index contributed by atoms with van der Waals surface area (Å²) in [6.07, 6.45) is 6.66. The first kappa shape index (κ1) is 15.2. The third-order valence-electron chi connectivity index (χ3n) is 3.21. The Bertz CT molecular complexity index is 314. The number of rotatable bonds is 7. The number of hydrogen-bond donors (Lipinski definition) is 1. The molecule has 0 saturated heterocycles. The van der Waals surface area contributed by atoms with Crippen LogP contribution in [-0.2, 0) is 6.42 Å². The van der Waals surface area contributed by atoms with Crippen LogP contribution in [0.5, 0.6) is 0 Å². The van der Waals surface area contributed by atoms with Crippen LogP contribution >= 0.6 is 0 Å². The first-order valence-corrected chi connectivity index (χ1v) is 7.14. The van der Waals surface area contributed by atoms with Gasteiger partial charge >= 0.3 is 0 Å². The van der Waals surface area contributed by atoms with Crippen molar-refractivity contribution in [3.05, 3.63) is 30.1 Å². The Morgan fingerprint density at radius 1 is 1.22 bits per heavy atom. The Kier molecular flexibility index (Phi) is 6.34. The molecule has 1 aromatic rings. The first-order valence-electron chi connectivity index (χ1n) is 7.14. The molecule has 1 aromatic heterocycles. The maximum Gasteiger partial charge on any atom is 0.0404 e. The number of aryl methyl sites for hydroxylation is 1. The standard InChI is InChI=1S/C16H28N2/c1-5-17-15(11-12-16(2,3)4)10-9-14-8-6-7-13-18-14/h6-8,13,15,17H,5,9-12H2,1-4H3. The monoisotopic (exact) mass is 248 g/mol. The minimum atomic E-state index is 0.429. The second-order valence-corrected chi connectivity index (χ2v) is 6.21. The van der Waals surface area contributed by atoms with Crippen LogP contribution in [0.3, 0.4) is 0 Å². The van der Waals surface area contributed by atoms with Gasteiger partial charge in [0.15, 0.2) is 0 Å². The second kappa shape index (κ2) is 7.52. The predicted octanol–water partition coefficient (Wildman–Crippen LogP) is 3.82. The van der Waals surface area contributed by atoms with E-state index in [4.69, 9.17) is 0 Å². The number of nitrogens with zero attached hydrogens (tertiary/aromatic N) is 1. The molecule has 1 N–H and O–H groups in total. The molecule has 0 fully saturated rings. The summed E-state index contributed by atoms with van der Waals surface area (Å²) in [6.45, 7) is 10.2. The van der Waals surface area contributed by atoms with E-state index in [1.165, 1.54) is 25.0 Å². The fourth-order valence-corrected chi connectivity index (χ4v) is 2.11. The summed E-state index contributed by atoms with van der Waals surface area (Å²) in [4.78, 5) is 4.39. The SMILES string of the molecule is CCNC(CCc1ccccn1)CCC(C)(C)C. The molecule has 102 valence electrons. The van der Waals surface area contributed by atoms with Gasteiger partial charge in [-0.25, -0.2) is 0 Å². The molecule has 0 bridgehead atoms. The molecule has 0 aliphatic heterocycles. The van der Waals surface area contributed by atoms with Crippen molar-refractivity contribution in [2.75, 3.05) is 6.54 Å². The molecular weight excluding hydrogens is 220 g/mol. The zero-order chi connectivity index (χ0) is 13.4. The Balaban J connectivity index is 2.38. The van der Waals surface area contributed by atoms with E-state index in [9.17, 15) is 0 Å². The van der Waals surface area contributed by atoms with Crippen molar-refractivity contribution in [3.63, 3.8) is 0 Å². The number of hydrogen-bond acceptors (Lipinski definition) is 2. The quantitative estimate of drug-likeness (QED) is 0.793. The molecule has 18 heavy (non-hydrogen) atoms. The van der Waals surface area contributed by atoms with Crippen molar-refractivity contribution in [2.24, 2.45) is 5.41 Å². The van der Waals surface area contributed by atoms with Gasteiger partial charge in [0.2, 0.25) is 0 Å². The van der Waals surface area contributed by atoms with Gasteiger partial charge in [-0.3, -0.25) is 4.98 Å². The largest absolute Gasteiger partial charge is 0.314 e. The van der Waals surface area contributed by atoms with Crippen molar-refractivity contribution >= 4 is 0 Å². The fourth-order valence-electron chi connectivity index (χ4n) is 2.11. The molecule has 0 spiro atoms. The number of nitrogens with one attached hydrogen (secondary N) is 1. The third kappa shape index (κ3) is 6.75.